The molecule has 1 heterocycles. The van der Waals surface area contributed by atoms with Crippen LogP contribution in [-0.4, -0.2) is 81.5 Å². The standard InChI is InChI=1S/C27H30BrClN2O5.ClH/c1-34-23-15-17(14-21(28)26(23)35-2)24-19-5-4-6-22(29)20(19)13-18(25(24)27(33)36-3)16-31-9-7-30(8-10-31)11-12-32;/h4-6,13-15,32H,7-12,16H2,1-3H3;1H. The Hall–Kier alpha value is -2.07. The number of fused-ring (bicyclic) bond motifs is 1. The number of hydrogen-bond acceptors (Lipinski definition) is 7. The van der Waals surface area contributed by atoms with Crippen molar-refractivity contribution in [2.24, 2.45) is 0 Å². The minimum absolute atomic E-state index is 0. The molecule has 10 heteroatoms. The van der Waals surface area contributed by atoms with Crippen molar-refractivity contribution in [2.75, 3.05) is 60.7 Å². The molecule has 200 valence electrons. The van der Waals surface area contributed by atoms with Gasteiger partial charge in [-0.2, -0.15) is 0 Å². The van der Waals surface area contributed by atoms with Crippen LogP contribution < -0.4 is 9.47 Å². The van der Waals surface area contributed by atoms with Gasteiger partial charge >= 0.3 is 5.97 Å². The van der Waals surface area contributed by atoms with E-state index in [1.54, 1.807) is 14.2 Å². The number of methoxy groups -OCH3 is 3. The maximum Gasteiger partial charge on any atom is 0.338 e. The second kappa shape index (κ2) is 13.1. The molecule has 1 fully saturated rings. The van der Waals surface area contributed by atoms with Gasteiger partial charge in [0.25, 0.3) is 0 Å². The molecular weight excluding hydrogens is 583 g/mol. The number of piperazine rings is 1. The molecule has 3 aromatic carbocycles. The number of aliphatic hydroxyl groups is 1. The molecule has 0 spiro atoms. The van der Waals surface area contributed by atoms with E-state index in [9.17, 15) is 9.90 Å². The van der Waals surface area contributed by atoms with Crippen molar-refractivity contribution < 1.29 is 24.1 Å². The number of carbonyl (C=O) groups excluding carboxylic acids is 1. The lowest BCUT2D eigenvalue weighted by Gasteiger charge is -2.34. The van der Waals surface area contributed by atoms with Crippen molar-refractivity contribution in [1.29, 1.82) is 0 Å². The van der Waals surface area contributed by atoms with E-state index in [4.69, 9.17) is 25.8 Å². The quantitative estimate of drug-likeness (QED) is 0.348. The molecule has 0 atom stereocenters. The second-order valence-electron chi connectivity index (χ2n) is 8.65. The lowest BCUT2D eigenvalue weighted by atomic mass is 9.89. The number of esters is 1. The second-order valence-corrected chi connectivity index (χ2v) is 9.91. The molecule has 0 radical (unpaired) electrons. The minimum Gasteiger partial charge on any atom is -0.493 e. The smallest absolute Gasteiger partial charge is 0.338 e. The fraction of sp³-hybridized carbons (Fsp3) is 0.370. The first kappa shape index (κ1) is 29.5. The van der Waals surface area contributed by atoms with Crippen LogP contribution in [0.1, 0.15) is 15.9 Å². The van der Waals surface area contributed by atoms with Crippen molar-refractivity contribution in [3.63, 3.8) is 0 Å². The number of ether oxygens (including phenoxy) is 3. The predicted octanol–water partition coefficient (Wildman–Crippen LogP) is 5.26. The summed E-state index contributed by atoms with van der Waals surface area (Å²) in [5, 5.41) is 11.6. The van der Waals surface area contributed by atoms with Crippen LogP contribution in [0.2, 0.25) is 5.02 Å². The molecule has 7 nitrogen and oxygen atoms in total. The predicted molar refractivity (Wildman–Crippen MR) is 153 cm³/mol. The zero-order chi connectivity index (χ0) is 25.8. The van der Waals surface area contributed by atoms with Crippen LogP contribution in [0, 0.1) is 0 Å². The van der Waals surface area contributed by atoms with E-state index in [0.717, 1.165) is 53.6 Å². The Morgan fingerprint density at radius 1 is 1.03 bits per heavy atom. The van der Waals surface area contributed by atoms with E-state index in [0.29, 0.717) is 39.6 Å². The summed E-state index contributed by atoms with van der Waals surface area (Å²) in [5.74, 6) is 0.699. The molecular formula is C27H31BrCl2N2O5. The molecule has 0 saturated carbocycles. The summed E-state index contributed by atoms with van der Waals surface area (Å²) in [6, 6.07) is 11.5. The molecule has 37 heavy (non-hydrogen) atoms. The van der Waals surface area contributed by atoms with Crippen LogP contribution >= 0.6 is 39.9 Å². The van der Waals surface area contributed by atoms with E-state index < -0.39 is 5.97 Å². The topological polar surface area (TPSA) is 71.5 Å². The highest BCUT2D eigenvalue weighted by Crippen LogP contribution is 2.44. The summed E-state index contributed by atoms with van der Waals surface area (Å²) in [6.07, 6.45) is 0. The maximum absolute atomic E-state index is 13.3. The van der Waals surface area contributed by atoms with Crippen LogP contribution in [0.4, 0.5) is 0 Å². The highest BCUT2D eigenvalue weighted by molar-refractivity contribution is 9.10. The maximum atomic E-state index is 13.3. The number of aliphatic hydroxyl groups excluding tert-OH is 1. The number of β-amino-alcohol motifs (C(OH)–C–C–N with tert-alkyl or cyclic N) is 1. The van der Waals surface area contributed by atoms with E-state index in [1.807, 2.05) is 36.4 Å². The van der Waals surface area contributed by atoms with Gasteiger partial charge in [-0.05, 0) is 56.7 Å². The summed E-state index contributed by atoms with van der Waals surface area (Å²) in [4.78, 5) is 17.9. The molecule has 0 aliphatic carbocycles. The first-order chi connectivity index (χ1) is 17.4. The third-order valence-corrected chi connectivity index (χ3v) is 7.52. The van der Waals surface area contributed by atoms with Crippen LogP contribution in [0.25, 0.3) is 21.9 Å². The zero-order valence-corrected chi connectivity index (χ0v) is 24.2. The fourth-order valence-corrected chi connectivity index (χ4v) is 5.65. The van der Waals surface area contributed by atoms with Gasteiger partial charge in [0.2, 0.25) is 0 Å². The van der Waals surface area contributed by atoms with E-state index in [-0.39, 0.29) is 19.0 Å². The Labute approximate surface area is 236 Å². The van der Waals surface area contributed by atoms with Gasteiger partial charge in [0, 0.05) is 55.2 Å². The van der Waals surface area contributed by atoms with Gasteiger partial charge in [-0.15, -0.1) is 12.4 Å². The lowest BCUT2D eigenvalue weighted by Crippen LogP contribution is -2.46. The number of hydrogen-bond donors (Lipinski definition) is 1. The van der Waals surface area contributed by atoms with Gasteiger partial charge in [0.05, 0.1) is 38.0 Å². The van der Waals surface area contributed by atoms with Gasteiger partial charge in [0.1, 0.15) is 0 Å². The van der Waals surface area contributed by atoms with Gasteiger partial charge in [-0.25, -0.2) is 4.79 Å². The number of rotatable bonds is 8. The first-order valence-electron chi connectivity index (χ1n) is 11.7. The van der Waals surface area contributed by atoms with Crippen LogP contribution in [0.15, 0.2) is 40.9 Å². The van der Waals surface area contributed by atoms with Crippen molar-refractivity contribution >= 4 is 56.7 Å². The first-order valence-corrected chi connectivity index (χ1v) is 12.9. The molecule has 4 rings (SSSR count). The number of benzene rings is 3. The normalized spacial score (nSPS) is 14.3. The third-order valence-electron chi connectivity index (χ3n) is 6.60. The lowest BCUT2D eigenvalue weighted by molar-refractivity contribution is 0.0597. The molecule has 1 aliphatic heterocycles. The van der Waals surface area contributed by atoms with Gasteiger partial charge in [-0.3, -0.25) is 9.80 Å². The molecule has 1 N–H and O–H groups in total. The summed E-state index contributed by atoms with van der Waals surface area (Å²) < 4.78 is 17.1. The fourth-order valence-electron chi connectivity index (χ4n) is 4.82. The highest BCUT2D eigenvalue weighted by Gasteiger charge is 2.26. The molecule has 1 saturated heterocycles. The van der Waals surface area contributed by atoms with Crippen molar-refractivity contribution in [3.8, 4) is 22.6 Å². The zero-order valence-electron chi connectivity index (χ0n) is 21.1. The van der Waals surface area contributed by atoms with Gasteiger partial charge < -0.3 is 19.3 Å². The summed E-state index contributed by atoms with van der Waals surface area (Å²) in [6.45, 7) is 4.78. The summed E-state index contributed by atoms with van der Waals surface area (Å²) >= 11 is 10.3. The number of carbonyl (C=O) groups is 1. The van der Waals surface area contributed by atoms with Crippen LogP contribution in [0.5, 0.6) is 11.5 Å². The van der Waals surface area contributed by atoms with Crippen LogP contribution in [0.3, 0.4) is 0 Å². The van der Waals surface area contributed by atoms with Gasteiger partial charge in [0.15, 0.2) is 11.5 Å². The van der Waals surface area contributed by atoms with Gasteiger partial charge in [-0.1, -0.05) is 23.7 Å². The largest absolute Gasteiger partial charge is 0.493 e. The third kappa shape index (κ3) is 6.16. The van der Waals surface area contributed by atoms with Crippen LogP contribution in [-0.2, 0) is 11.3 Å². The molecule has 0 aromatic heterocycles. The van der Waals surface area contributed by atoms with E-state index in [2.05, 4.69) is 25.7 Å². The Morgan fingerprint density at radius 2 is 1.73 bits per heavy atom. The monoisotopic (exact) mass is 612 g/mol. The molecule has 0 unspecified atom stereocenters. The highest BCUT2D eigenvalue weighted by atomic mass is 79.9. The Morgan fingerprint density at radius 3 is 2.35 bits per heavy atom. The van der Waals surface area contributed by atoms with Crippen molar-refractivity contribution in [1.82, 2.24) is 9.80 Å². The molecule has 0 amide bonds. The van der Waals surface area contributed by atoms with Crippen molar-refractivity contribution in [3.05, 3.63) is 57.0 Å². The molecule has 0 bridgehead atoms. The minimum atomic E-state index is -0.410. The molecule has 3 aromatic rings. The van der Waals surface area contributed by atoms with E-state index in [1.165, 1.54) is 7.11 Å². The number of nitrogens with zero attached hydrogens (tertiary/aromatic N) is 2. The summed E-state index contributed by atoms with van der Waals surface area (Å²) in [7, 11) is 4.56. The molecule has 1 aliphatic rings. The SMILES string of the molecule is COC(=O)c1c(CN2CCN(CCO)CC2)cc2c(Cl)cccc2c1-c1cc(Br)c(OC)c(OC)c1.Cl. The average Bonchev–Trinajstić information content (AvgIpc) is 2.88. The Balaban J connectivity index is 0.00000380. The summed E-state index contributed by atoms with van der Waals surface area (Å²) in [5.41, 5.74) is 2.86. The Kier molecular flexibility index (Phi) is 10.5. The van der Waals surface area contributed by atoms with E-state index >= 15 is 0 Å². The average molecular weight is 614 g/mol. The Bertz CT molecular complexity index is 1270. The number of halogens is 3. The van der Waals surface area contributed by atoms with Crippen molar-refractivity contribution in [2.45, 2.75) is 6.54 Å².